The fourth-order valence-electron chi connectivity index (χ4n) is 4.25. The molecular weight excluding hydrogens is 641 g/mol. The van der Waals surface area contributed by atoms with Gasteiger partial charge < -0.3 is 16.0 Å². The number of benzene rings is 4. The Hall–Kier alpha value is -5.01. The maximum absolute atomic E-state index is 13.4. The molecule has 1 unspecified atom stereocenters. The number of nitrogens with two attached hydrogens (primary N) is 1. The number of primary sulfonamides is 1. The van der Waals surface area contributed by atoms with Gasteiger partial charge in [0.2, 0.25) is 15.9 Å². The van der Waals surface area contributed by atoms with Crippen LogP contribution in [-0.4, -0.2) is 26.1 Å². The first kappa shape index (κ1) is 32.4. The second-order valence-corrected chi connectivity index (χ2v) is 13.6. The van der Waals surface area contributed by atoms with E-state index in [1.807, 2.05) is 47.8 Å². The Morgan fingerprint density at radius 1 is 0.739 bits per heavy atom. The van der Waals surface area contributed by atoms with Gasteiger partial charge in [0.15, 0.2) is 0 Å². The van der Waals surface area contributed by atoms with E-state index in [2.05, 4.69) is 16.0 Å². The highest BCUT2D eigenvalue weighted by Crippen LogP contribution is 2.37. The number of carbonyl (C=O) groups excluding carboxylic acids is 3. The lowest BCUT2D eigenvalue weighted by atomic mass is 10.1. The quantitative estimate of drug-likeness (QED) is 0.0963. The number of sulfonamides is 1. The molecule has 5 aromatic rings. The molecule has 0 fully saturated rings. The van der Waals surface area contributed by atoms with Gasteiger partial charge in [-0.2, -0.15) is 0 Å². The number of anilines is 2. The van der Waals surface area contributed by atoms with Gasteiger partial charge in [-0.05, 0) is 83.7 Å². The molecular formula is C34H28N4O5S3. The van der Waals surface area contributed by atoms with Crippen molar-refractivity contribution in [2.24, 2.45) is 5.14 Å². The Bertz CT molecular complexity index is 1950. The van der Waals surface area contributed by atoms with Gasteiger partial charge in [0.25, 0.3) is 11.8 Å². The summed E-state index contributed by atoms with van der Waals surface area (Å²) in [6.07, 6.45) is 1.62. The van der Waals surface area contributed by atoms with Crippen LogP contribution in [0.5, 0.6) is 0 Å². The second kappa shape index (κ2) is 14.8. The molecule has 0 saturated carbocycles. The maximum atomic E-state index is 13.4. The van der Waals surface area contributed by atoms with E-state index >= 15 is 0 Å². The lowest BCUT2D eigenvalue weighted by Gasteiger charge is -2.18. The van der Waals surface area contributed by atoms with Gasteiger partial charge >= 0.3 is 0 Å². The molecule has 0 bridgehead atoms. The molecule has 232 valence electrons. The van der Waals surface area contributed by atoms with Crippen molar-refractivity contribution in [3.8, 4) is 0 Å². The van der Waals surface area contributed by atoms with E-state index in [0.29, 0.717) is 16.9 Å². The Morgan fingerprint density at radius 2 is 1.35 bits per heavy atom. The number of thioether (sulfide) groups is 1. The standard InChI is InChI=1S/C34H28N4O5S3/c35-46(42,43)29-19-15-26(16-20-29)37-34(41)31(23-8-3-1-4-9-23)45-27-17-13-25(14-18-27)36-33(40)30(22-28-12-7-21-44-28)38-32(39)24-10-5-2-6-11-24/h1-22,31H,(H,36,40)(H,37,41)(H,38,39)(H2,35,42,43)/b30-22-. The summed E-state index contributed by atoms with van der Waals surface area (Å²) in [6, 6.07) is 34.2. The third-order valence-corrected chi connectivity index (χ3v) is 9.53. The van der Waals surface area contributed by atoms with Crippen molar-refractivity contribution in [2.45, 2.75) is 15.0 Å². The summed E-state index contributed by atoms with van der Waals surface area (Å²) in [5.41, 5.74) is 2.19. The molecule has 4 aromatic carbocycles. The molecule has 0 aliphatic heterocycles. The van der Waals surface area contributed by atoms with Gasteiger partial charge in [0, 0.05) is 26.7 Å². The molecule has 1 aromatic heterocycles. The number of carbonyl (C=O) groups is 3. The van der Waals surface area contributed by atoms with Gasteiger partial charge in [-0.15, -0.1) is 23.1 Å². The van der Waals surface area contributed by atoms with Gasteiger partial charge in [-0.3, -0.25) is 14.4 Å². The number of rotatable bonds is 11. The lowest BCUT2D eigenvalue weighted by Crippen LogP contribution is -2.30. The maximum Gasteiger partial charge on any atom is 0.272 e. The largest absolute Gasteiger partial charge is 0.325 e. The third-order valence-electron chi connectivity index (χ3n) is 6.52. The summed E-state index contributed by atoms with van der Waals surface area (Å²) < 4.78 is 23.2. The molecule has 9 nitrogen and oxygen atoms in total. The van der Waals surface area contributed by atoms with E-state index in [9.17, 15) is 22.8 Å². The predicted octanol–water partition coefficient (Wildman–Crippen LogP) is 6.28. The predicted molar refractivity (Wildman–Crippen MR) is 183 cm³/mol. The van der Waals surface area contributed by atoms with Crippen LogP contribution in [0, 0.1) is 0 Å². The smallest absolute Gasteiger partial charge is 0.272 e. The molecule has 3 amide bonds. The zero-order chi connectivity index (χ0) is 32.5. The van der Waals surface area contributed by atoms with E-state index in [0.717, 1.165) is 15.3 Å². The van der Waals surface area contributed by atoms with Crippen molar-refractivity contribution in [2.75, 3.05) is 10.6 Å². The van der Waals surface area contributed by atoms with Crippen LogP contribution in [-0.2, 0) is 19.6 Å². The molecule has 12 heteroatoms. The van der Waals surface area contributed by atoms with Crippen molar-refractivity contribution in [1.82, 2.24) is 5.32 Å². The fraction of sp³-hybridized carbons (Fsp3) is 0.0294. The number of thiophene rings is 1. The van der Waals surface area contributed by atoms with Crippen LogP contribution in [0.25, 0.3) is 6.08 Å². The van der Waals surface area contributed by atoms with Crippen molar-refractivity contribution in [3.63, 3.8) is 0 Å². The molecule has 5 N–H and O–H groups in total. The minimum atomic E-state index is -3.86. The van der Waals surface area contributed by atoms with Gasteiger partial charge in [0.1, 0.15) is 10.9 Å². The number of nitrogens with one attached hydrogen (secondary N) is 3. The van der Waals surface area contributed by atoms with E-state index in [4.69, 9.17) is 5.14 Å². The summed E-state index contributed by atoms with van der Waals surface area (Å²) in [5, 5.41) is 14.8. The molecule has 0 aliphatic carbocycles. The third kappa shape index (κ3) is 8.79. The van der Waals surface area contributed by atoms with Gasteiger partial charge in [0.05, 0.1) is 4.90 Å². The molecule has 1 atom stereocenters. The lowest BCUT2D eigenvalue weighted by molar-refractivity contribution is -0.116. The second-order valence-electron chi connectivity index (χ2n) is 9.84. The number of hydrogen-bond acceptors (Lipinski definition) is 7. The summed E-state index contributed by atoms with van der Waals surface area (Å²) in [4.78, 5) is 41.1. The SMILES string of the molecule is NS(=O)(=O)c1ccc(NC(=O)C(Sc2ccc(NC(=O)/C(=C/c3cccs3)NC(=O)c3ccccc3)cc2)c2ccccc2)cc1. The highest BCUT2D eigenvalue weighted by molar-refractivity contribution is 8.00. The van der Waals surface area contributed by atoms with Crippen LogP contribution in [0.1, 0.15) is 26.0 Å². The molecule has 0 saturated heterocycles. The van der Waals surface area contributed by atoms with Crippen LogP contribution >= 0.6 is 23.1 Å². The van der Waals surface area contributed by atoms with Crippen LogP contribution < -0.4 is 21.1 Å². The van der Waals surface area contributed by atoms with Crippen molar-refractivity contribution < 1.29 is 22.8 Å². The number of amides is 3. The minimum absolute atomic E-state index is 0.0561. The fourth-order valence-corrected chi connectivity index (χ4v) is 6.44. The first-order valence-electron chi connectivity index (χ1n) is 13.8. The molecule has 0 radical (unpaired) electrons. The molecule has 46 heavy (non-hydrogen) atoms. The van der Waals surface area contributed by atoms with Crippen LogP contribution in [0.4, 0.5) is 11.4 Å². The van der Waals surface area contributed by atoms with Crippen molar-refractivity contribution >= 4 is 68.3 Å². The zero-order valence-electron chi connectivity index (χ0n) is 24.1. The highest BCUT2D eigenvalue weighted by Gasteiger charge is 2.23. The average molecular weight is 669 g/mol. The Morgan fingerprint density at radius 3 is 1.96 bits per heavy atom. The summed E-state index contributed by atoms with van der Waals surface area (Å²) in [5.74, 6) is -1.21. The molecule has 5 rings (SSSR count). The highest BCUT2D eigenvalue weighted by atomic mass is 32.2. The van der Waals surface area contributed by atoms with Gasteiger partial charge in [-0.25, -0.2) is 13.6 Å². The van der Waals surface area contributed by atoms with Crippen LogP contribution in [0.15, 0.2) is 142 Å². The molecule has 0 spiro atoms. The monoisotopic (exact) mass is 668 g/mol. The summed E-state index contributed by atoms with van der Waals surface area (Å²) in [6.45, 7) is 0. The Kier molecular flexibility index (Phi) is 10.5. The molecule has 1 heterocycles. The topological polar surface area (TPSA) is 147 Å². The molecule has 0 aliphatic rings. The van der Waals surface area contributed by atoms with Crippen molar-refractivity contribution in [1.29, 1.82) is 0 Å². The van der Waals surface area contributed by atoms with Crippen LogP contribution in [0.2, 0.25) is 0 Å². The number of hydrogen-bond donors (Lipinski definition) is 4. The normalized spacial score (nSPS) is 12.2. The Labute approximate surface area is 274 Å². The first-order chi connectivity index (χ1) is 22.2. The Balaban J connectivity index is 1.30. The zero-order valence-corrected chi connectivity index (χ0v) is 26.6. The minimum Gasteiger partial charge on any atom is -0.325 e. The van der Waals surface area contributed by atoms with E-state index in [1.165, 1.54) is 47.4 Å². The van der Waals surface area contributed by atoms with E-state index < -0.39 is 27.1 Å². The average Bonchev–Trinajstić information content (AvgIpc) is 3.58. The summed E-state index contributed by atoms with van der Waals surface area (Å²) >= 11 is 2.75. The van der Waals surface area contributed by atoms with Crippen LogP contribution in [0.3, 0.4) is 0 Å². The van der Waals surface area contributed by atoms with Gasteiger partial charge in [-0.1, -0.05) is 54.6 Å². The summed E-state index contributed by atoms with van der Waals surface area (Å²) in [7, 11) is -3.86. The van der Waals surface area contributed by atoms with E-state index in [1.54, 1.807) is 60.7 Å². The first-order valence-corrected chi connectivity index (χ1v) is 17.1. The van der Waals surface area contributed by atoms with Crippen molar-refractivity contribution in [3.05, 3.63) is 148 Å². The van der Waals surface area contributed by atoms with E-state index in [-0.39, 0.29) is 16.5 Å².